The van der Waals surface area contributed by atoms with Crippen LogP contribution in [0.2, 0.25) is 0 Å². The van der Waals surface area contributed by atoms with Gasteiger partial charge in [0.25, 0.3) is 0 Å². The minimum absolute atomic E-state index is 0.177. The summed E-state index contributed by atoms with van der Waals surface area (Å²) >= 11 is 0. The van der Waals surface area contributed by atoms with Crippen molar-refractivity contribution in [2.45, 2.75) is 71.9 Å². The summed E-state index contributed by atoms with van der Waals surface area (Å²) in [5, 5.41) is 9.39. The van der Waals surface area contributed by atoms with Gasteiger partial charge in [-0.05, 0) is 44.2 Å². The van der Waals surface area contributed by atoms with Crippen molar-refractivity contribution >= 4 is 12.1 Å². The second-order valence-electron chi connectivity index (χ2n) is 7.99. The molecule has 28 heavy (non-hydrogen) atoms. The Bertz CT molecular complexity index is 711. The lowest BCUT2D eigenvalue weighted by Crippen LogP contribution is -2.48. The zero-order valence-corrected chi connectivity index (χ0v) is 17.3. The van der Waals surface area contributed by atoms with Gasteiger partial charge in [0, 0.05) is 5.57 Å². The fourth-order valence-electron chi connectivity index (χ4n) is 3.56. The summed E-state index contributed by atoms with van der Waals surface area (Å²) in [4.78, 5) is 26.0. The summed E-state index contributed by atoms with van der Waals surface area (Å²) in [6.45, 7) is 9.73. The molecule has 0 aliphatic carbocycles. The number of nitrogens with zero attached hydrogens (tertiary/aromatic N) is 1. The van der Waals surface area contributed by atoms with Crippen LogP contribution in [0.3, 0.4) is 0 Å². The van der Waals surface area contributed by atoms with E-state index in [1.54, 1.807) is 17.9 Å². The number of carboxylic acid groups (broad SMARTS) is 1. The summed E-state index contributed by atoms with van der Waals surface area (Å²) in [5.74, 6) is -0.657. The molecule has 1 amide bonds. The number of carboxylic acids is 1. The van der Waals surface area contributed by atoms with Crippen LogP contribution in [-0.4, -0.2) is 39.9 Å². The van der Waals surface area contributed by atoms with E-state index in [1.807, 2.05) is 44.2 Å². The van der Waals surface area contributed by atoms with Crippen molar-refractivity contribution in [3.63, 3.8) is 0 Å². The molecule has 2 atom stereocenters. The number of carbonyl (C=O) groups is 2. The van der Waals surface area contributed by atoms with Crippen LogP contribution < -0.4 is 0 Å². The molecule has 1 aliphatic rings. The zero-order chi connectivity index (χ0) is 20.9. The maximum absolute atomic E-state index is 12.9. The van der Waals surface area contributed by atoms with E-state index >= 15 is 0 Å². The van der Waals surface area contributed by atoms with Crippen LogP contribution in [0.25, 0.3) is 0 Å². The second kappa shape index (κ2) is 9.24. The lowest BCUT2D eigenvalue weighted by molar-refractivity contribution is -0.133. The third kappa shape index (κ3) is 5.35. The van der Waals surface area contributed by atoms with Crippen LogP contribution in [0.5, 0.6) is 0 Å². The van der Waals surface area contributed by atoms with Gasteiger partial charge in [-0.2, -0.15) is 0 Å². The third-order valence-electron chi connectivity index (χ3n) is 4.85. The highest BCUT2D eigenvalue weighted by Gasteiger charge is 2.50. The topological polar surface area (TPSA) is 76.1 Å². The van der Waals surface area contributed by atoms with E-state index in [2.05, 4.69) is 13.8 Å². The van der Waals surface area contributed by atoms with Gasteiger partial charge in [-0.15, -0.1) is 0 Å². The molecule has 1 saturated heterocycles. The van der Waals surface area contributed by atoms with Crippen molar-refractivity contribution in [2.24, 2.45) is 5.92 Å². The molecular formula is C22H31NO5. The SMILES string of the molecule is CCC(=C[C@@H]1OC(C)(C)N(C(=O)OCc2ccccc2)[C@H]1CC(C)C)C(=O)O. The average Bonchev–Trinajstić information content (AvgIpc) is 2.87. The first-order valence-corrected chi connectivity index (χ1v) is 9.77. The van der Waals surface area contributed by atoms with Gasteiger partial charge in [0.15, 0.2) is 0 Å². The van der Waals surface area contributed by atoms with Crippen molar-refractivity contribution < 1.29 is 24.2 Å². The summed E-state index contributed by atoms with van der Waals surface area (Å²) in [6.07, 6.45) is 1.77. The van der Waals surface area contributed by atoms with E-state index in [9.17, 15) is 14.7 Å². The van der Waals surface area contributed by atoms with E-state index in [0.29, 0.717) is 18.8 Å². The van der Waals surface area contributed by atoms with E-state index < -0.39 is 23.9 Å². The molecule has 1 aliphatic heterocycles. The van der Waals surface area contributed by atoms with Crippen LogP contribution in [0, 0.1) is 5.92 Å². The summed E-state index contributed by atoms with van der Waals surface area (Å²) in [5.41, 5.74) is 0.296. The van der Waals surface area contributed by atoms with Gasteiger partial charge in [-0.25, -0.2) is 9.59 Å². The Morgan fingerprint density at radius 2 is 1.93 bits per heavy atom. The van der Waals surface area contributed by atoms with Gasteiger partial charge >= 0.3 is 12.1 Å². The molecule has 1 fully saturated rings. The molecule has 2 rings (SSSR count). The third-order valence-corrected chi connectivity index (χ3v) is 4.85. The van der Waals surface area contributed by atoms with Gasteiger partial charge < -0.3 is 14.6 Å². The molecule has 0 unspecified atom stereocenters. The Hall–Kier alpha value is -2.34. The summed E-state index contributed by atoms with van der Waals surface area (Å²) < 4.78 is 11.7. The Kier molecular flexibility index (Phi) is 7.24. The molecular weight excluding hydrogens is 358 g/mol. The quantitative estimate of drug-likeness (QED) is 0.690. The minimum Gasteiger partial charge on any atom is -0.478 e. The number of amides is 1. The predicted octanol–water partition coefficient (Wildman–Crippen LogP) is 4.60. The highest BCUT2D eigenvalue weighted by atomic mass is 16.6. The average molecular weight is 389 g/mol. The Morgan fingerprint density at radius 1 is 1.29 bits per heavy atom. The first-order chi connectivity index (χ1) is 13.2. The first kappa shape index (κ1) is 22.0. The number of hydrogen-bond donors (Lipinski definition) is 1. The van der Waals surface area contributed by atoms with Crippen LogP contribution in [0.4, 0.5) is 4.79 Å². The van der Waals surface area contributed by atoms with E-state index in [1.165, 1.54) is 0 Å². The molecule has 0 spiro atoms. The molecule has 6 nitrogen and oxygen atoms in total. The zero-order valence-electron chi connectivity index (χ0n) is 17.3. The Balaban J connectivity index is 2.25. The number of hydrogen-bond acceptors (Lipinski definition) is 4. The smallest absolute Gasteiger partial charge is 0.412 e. The molecule has 1 aromatic rings. The number of rotatable bonds is 7. The molecule has 1 N–H and O–H groups in total. The fraction of sp³-hybridized carbons (Fsp3) is 0.545. The van der Waals surface area contributed by atoms with Crippen molar-refractivity contribution in [1.82, 2.24) is 4.90 Å². The number of benzene rings is 1. The van der Waals surface area contributed by atoms with E-state index in [0.717, 1.165) is 5.56 Å². The maximum Gasteiger partial charge on any atom is 0.412 e. The predicted molar refractivity (Wildman–Crippen MR) is 107 cm³/mol. The van der Waals surface area contributed by atoms with Crippen LogP contribution >= 0.6 is 0 Å². The van der Waals surface area contributed by atoms with E-state index in [-0.39, 0.29) is 18.2 Å². The van der Waals surface area contributed by atoms with Gasteiger partial charge in [0.2, 0.25) is 0 Å². The maximum atomic E-state index is 12.9. The van der Waals surface area contributed by atoms with Crippen LogP contribution in [0.1, 0.15) is 53.0 Å². The molecule has 0 saturated carbocycles. The lowest BCUT2D eigenvalue weighted by atomic mass is 9.96. The van der Waals surface area contributed by atoms with Gasteiger partial charge in [0.05, 0.1) is 12.1 Å². The molecule has 6 heteroatoms. The van der Waals surface area contributed by atoms with Crippen molar-refractivity contribution in [2.75, 3.05) is 0 Å². The molecule has 1 heterocycles. The molecule has 154 valence electrons. The summed E-state index contributed by atoms with van der Waals surface area (Å²) in [6, 6.07) is 9.21. The van der Waals surface area contributed by atoms with Crippen LogP contribution in [-0.2, 0) is 20.9 Å². The second-order valence-corrected chi connectivity index (χ2v) is 7.99. The van der Waals surface area contributed by atoms with Gasteiger partial charge in [0.1, 0.15) is 12.3 Å². The Morgan fingerprint density at radius 3 is 2.46 bits per heavy atom. The van der Waals surface area contributed by atoms with Crippen molar-refractivity contribution in [1.29, 1.82) is 0 Å². The summed E-state index contributed by atoms with van der Waals surface area (Å²) in [7, 11) is 0. The van der Waals surface area contributed by atoms with Crippen LogP contribution in [0.15, 0.2) is 42.0 Å². The van der Waals surface area contributed by atoms with Gasteiger partial charge in [-0.3, -0.25) is 4.90 Å². The fourth-order valence-corrected chi connectivity index (χ4v) is 3.56. The molecule has 0 bridgehead atoms. The normalized spacial score (nSPS) is 21.8. The monoisotopic (exact) mass is 389 g/mol. The standard InChI is InChI=1S/C22H31NO5/c1-6-17(20(24)25)13-19-18(12-15(2)3)23(22(4,5)28-19)21(26)27-14-16-10-8-7-9-11-16/h7-11,13,15,18-19H,6,12,14H2,1-5H3,(H,24,25)/t18-,19-/m0/s1. The minimum atomic E-state index is -0.961. The number of ether oxygens (including phenoxy) is 2. The molecule has 0 aromatic heterocycles. The highest BCUT2D eigenvalue weighted by molar-refractivity contribution is 5.86. The molecule has 1 aromatic carbocycles. The molecule has 0 radical (unpaired) electrons. The Labute approximate surface area is 167 Å². The number of aliphatic carboxylic acids is 1. The largest absolute Gasteiger partial charge is 0.478 e. The highest BCUT2D eigenvalue weighted by Crippen LogP contribution is 2.37. The van der Waals surface area contributed by atoms with Crippen molar-refractivity contribution in [3.05, 3.63) is 47.5 Å². The van der Waals surface area contributed by atoms with Crippen molar-refractivity contribution in [3.8, 4) is 0 Å². The van der Waals surface area contributed by atoms with E-state index in [4.69, 9.17) is 9.47 Å². The van der Waals surface area contributed by atoms with Gasteiger partial charge in [-0.1, -0.05) is 51.1 Å². The lowest BCUT2D eigenvalue weighted by Gasteiger charge is -2.33. The first-order valence-electron chi connectivity index (χ1n) is 9.77. The number of carbonyl (C=O) groups excluding carboxylic acids is 1.